The number of hydrogen-bond donors (Lipinski definition) is 2. The van der Waals surface area contributed by atoms with E-state index in [0.29, 0.717) is 5.02 Å². The fraction of sp³-hybridized carbons (Fsp3) is 0.0714. The molecule has 2 N–H and O–H groups in total. The lowest BCUT2D eigenvalue weighted by Gasteiger charge is -2.08. The molecule has 0 aliphatic heterocycles. The zero-order valence-electron chi connectivity index (χ0n) is 10.2. The van der Waals surface area contributed by atoms with Crippen molar-refractivity contribution in [2.24, 2.45) is 0 Å². The van der Waals surface area contributed by atoms with Crippen molar-refractivity contribution in [1.29, 1.82) is 0 Å². The fourth-order valence-electron chi connectivity index (χ4n) is 1.59. The number of amides is 1. The molecule has 0 aliphatic rings. The molecule has 20 heavy (non-hydrogen) atoms. The quantitative estimate of drug-likeness (QED) is 0.875. The van der Waals surface area contributed by atoms with E-state index in [-0.39, 0.29) is 22.3 Å². The SMILES string of the molecule is O=C(NCc1ccc(Cl)cc1)c1cc(O)c(Br)cc1F. The van der Waals surface area contributed by atoms with E-state index in [1.807, 2.05) is 0 Å². The van der Waals surface area contributed by atoms with E-state index in [1.165, 1.54) is 0 Å². The molecule has 0 saturated carbocycles. The molecule has 0 aromatic heterocycles. The van der Waals surface area contributed by atoms with E-state index in [9.17, 15) is 14.3 Å². The molecule has 0 heterocycles. The summed E-state index contributed by atoms with van der Waals surface area (Å²) in [6, 6.07) is 9.06. The van der Waals surface area contributed by atoms with Gasteiger partial charge in [-0.3, -0.25) is 4.79 Å². The van der Waals surface area contributed by atoms with Crippen LogP contribution in [0.1, 0.15) is 15.9 Å². The van der Waals surface area contributed by atoms with Crippen LogP contribution in [0.5, 0.6) is 5.75 Å². The monoisotopic (exact) mass is 357 g/mol. The molecule has 0 spiro atoms. The van der Waals surface area contributed by atoms with Gasteiger partial charge in [-0.1, -0.05) is 23.7 Å². The van der Waals surface area contributed by atoms with Gasteiger partial charge in [0.15, 0.2) is 0 Å². The first-order valence-electron chi connectivity index (χ1n) is 5.68. The highest BCUT2D eigenvalue weighted by Crippen LogP contribution is 2.26. The van der Waals surface area contributed by atoms with E-state index in [4.69, 9.17) is 11.6 Å². The molecule has 0 unspecified atom stereocenters. The summed E-state index contributed by atoms with van der Waals surface area (Å²) in [7, 11) is 0. The van der Waals surface area contributed by atoms with Gasteiger partial charge in [0.1, 0.15) is 11.6 Å². The maximum atomic E-state index is 13.6. The minimum atomic E-state index is -0.705. The molecule has 104 valence electrons. The number of nitrogens with one attached hydrogen (secondary N) is 1. The molecule has 2 aromatic carbocycles. The molecule has 0 radical (unpaired) electrons. The van der Waals surface area contributed by atoms with E-state index in [1.54, 1.807) is 24.3 Å². The number of halogens is 3. The van der Waals surface area contributed by atoms with Gasteiger partial charge in [-0.15, -0.1) is 0 Å². The van der Waals surface area contributed by atoms with Gasteiger partial charge in [0, 0.05) is 11.6 Å². The Balaban J connectivity index is 2.09. The van der Waals surface area contributed by atoms with Crippen molar-refractivity contribution < 1.29 is 14.3 Å². The van der Waals surface area contributed by atoms with Crippen molar-refractivity contribution in [3.63, 3.8) is 0 Å². The van der Waals surface area contributed by atoms with Crippen molar-refractivity contribution in [1.82, 2.24) is 5.32 Å². The summed E-state index contributed by atoms with van der Waals surface area (Å²) >= 11 is 8.73. The summed E-state index contributed by atoms with van der Waals surface area (Å²) in [6.45, 7) is 0.242. The third-order valence-electron chi connectivity index (χ3n) is 2.65. The highest BCUT2D eigenvalue weighted by molar-refractivity contribution is 9.10. The molecule has 2 rings (SSSR count). The molecule has 0 bridgehead atoms. The topological polar surface area (TPSA) is 49.3 Å². The van der Waals surface area contributed by atoms with E-state index in [0.717, 1.165) is 17.7 Å². The molecule has 2 aromatic rings. The second-order valence-electron chi connectivity index (χ2n) is 4.09. The molecule has 0 atom stereocenters. The highest BCUT2D eigenvalue weighted by Gasteiger charge is 2.14. The summed E-state index contributed by atoms with van der Waals surface area (Å²) < 4.78 is 13.8. The summed E-state index contributed by atoms with van der Waals surface area (Å²) in [6.07, 6.45) is 0. The average Bonchev–Trinajstić information content (AvgIpc) is 2.42. The van der Waals surface area contributed by atoms with Crippen LogP contribution in [0, 0.1) is 5.82 Å². The highest BCUT2D eigenvalue weighted by atomic mass is 79.9. The predicted octanol–water partition coefficient (Wildman–Crippen LogP) is 3.88. The van der Waals surface area contributed by atoms with Crippen molar-refractivity contribution in [2.45, 2.75) is 6.54 Å². The third-order valence-corrected chi connectivity index (χ3v) is 3.53. The number of phenols is 1. The molecule has 1 amide bonds. The molecule has 0 saturated heterocycles. The zero-order chi connectivity index (χ0) is 14.7. The average molecular weight is 359 g/mol. The van der Waals surface area contributed by atoms with Gasteiger partial charge in [-0.05, 0) is 45.8 Å². The maximum Gasteiger partial charge on any atom is 0.254 e. The Morgan fingerprint density at radius 1 is 1.30 bits per heavy atom. The van der Waals surface area contributed by atoms with Gasteiger partial charge in [-0.25, -0.2) is 4.39 Å². The normalized spacial score (nSPS) is 10.3. The lowest BCUT2D eigenvalue weighted by atomic mass is 10.1. The van der Waals surface area contributed by atoms with Crippen LogP contribution in [-0.2, 0) is 6.54 Å². The van der Waals surface area contributed by atoms with E-state index in [2.05, 4.69) is 21.2 Å². The van der Waals surface area contributed by atoms with Crippen molar-refractivity contribution >= 4 is 33.4 Å². The Hall–Kier alpha value is -1.59. The maximum absolute atomic E-state index is 13.6. The molecule has 0 aliphatic carbocycles. The minimum Gasteiger partial charge on any atom is -0.507 e. The van der Waals surface area contributed by atoms with Crippen LogP contribution in [0.4, 0.5) is 4.39 Å². The molecule has 0 fully saturated rings. The Morgan fingerprint density at radius 3 is 2.60 bits per heavy atom. The van der Waals surface area contributed by atoms with E-state index < -0.39 is 11.7 Å². The summed E-state index contributed by atoms with van der Waals surface area (Å²) in [5, 5.41) is 12.7. The van der Waals surface area contributed by atoms with Crippen LogP contribution in [-0.4, -0.2) is 11.0 Å². The van der Waals surface area contributed by atoms with E-state index >= 15 is 0 Å². The van der Waals surface area contributed by atoms with Crippen LogP contribution in [0.25, 0.3) is 0 Å². The van der Waals surface area contributed by atoms with Crippen molar-refractivity contribution in [2.75, 3.05) is 0 Å². The van der Waals surface area contributed by atoms with Crippen LogP contribution < -0.4 is 5.32 Å². The number of benzene rings is 2. The summed E-state index contributed by atoms with van der Waals surface area (Å²) in [5.74, 6) is -1.49. The van der Waals surface area contributed by atoms with Gasteiger partial charge in [0.25, 0.3) is 5.91 Å². The lowest BCUT2D eigenvalue weighted by Crippen LogP contribution is -2.23. The Labute approximate surface area is 128 Å². The smallest absolute Gasteiger partial charge is 0.254 e. The van der Waals surface area contributed by atoms with Crippen molar-refractivity contribution in [3.8, 4) is 5.75 Å². The minimum absolute atomic E-state index is 0.192. The van der Waals surface area contributed by atoms with Gasteiger partial charge >= 0.3 is 0 Å². The Bertz CT molecular complexity index is 646. The van der Waals surface area contributed by atoms with Crippen LogP contribution in [0.3, 0.4) is 0 Å². The summed E-state index contributed by atoms with van der Waals surface area (Å²) in [5.41, 5.74) is 0.629. The Morgan fingerprint density at radius 2 is 1.95 bits per heavy atom. The number of rotatable bonds is 3. The van der Waals surface area contributed by atoms with Gasteiger partial charge in [-0.2, -0.15) is 0 Å². The van der Waals surface area contributed by atoms with Crippen LogP contribution in [0.15, 0.2) is 40.9 Å². The second-order valence-corrected chi connectivity index (χ2v) is 5.38. The molecular formula is C14H10BrClFNO2. The lowest BCUT2D eigenvalue weighted by molar-refractivity contribution is 0.0946. The number of hydrogen-bond acceptors (Lipinski definition) is 2. The van der Waals surface area contributed by atoms with Crippen LogP contribution >= 0.6 is 27.5 Å². The molecule has 3 nitrogen and oxygen atoms in total. The number of phenolic OH excluding ortho intramolecular Hbond substituents is 1. The standard InChI is InChI=1S/C14H10BrClFNO2/c15-11-6-12(17)10(5-13(11)19)14(20)18-7-8-1-3-9(16)4-2-8/h1-6,19H,7H2,(H,18,20). The molecular weight excluding hydrogens is 349 g/mol. The number of carbonyl (C=O) groups excluding carboxylic acids is 1. The molecule has 6 heteroatoms. The number of carbonyl (C=O) groups is 1. The Kier molecular flexibility index (Phi) is 4.62. The number of aromatic hydroxyl groups is 1. The zero-order valence-corrected chi connectivity index (χ0v) is 12.5. The van der Waals surface area contributed by atoms with Gasteiger partial charge < -0.3 is 10.4 Å². The fourth-order valence-corrected chi connectivity index (χ4v) is 2.03. The third kappa shape index (κ3) is 3.49. The van der Waals surface area contributed by atoms with Crippen LogP contribution in [0.2, 0.25) is 5.02 Å². The largest absolute Gasteiger partial charge is 0.507 e. The summed E-state index contributed by atoms with van der Waals surface area (Å²) in [4.78, 5) is 11.9. The van der Waals surface area contributed by atoms with Crippen molar-refractivity contribution in [3.05, 3.63) is 62.8 Å². The predicted molar refractivity (Wildman–Crippen MR) is 78.4 cm³/mol. The first-order valence-corrected chi connectivity index (χ1v) is 6.85. The van der Waals surface area contributed by atoms with Gasteiger partial charge in [0.2, 0.25) is 0 Å². The first-order chi connectivity index (χ1) is 9.47. The first kappa shape index (κ1) is 14.8. The van der Waals surface area contributed by atoms with Gasteiger partial charge in [0.05, 0.1) is 10.0 Å². The second kappa shape index (κ2) is 6.24.